The second-order valence-electron chi connectivity index (χ2n) is 8.42. The van der Waals surface area contributed by atoms with Crippen LogP contribution in [0, 0.1) is 0 Å². The number of likely N-dealkylation sites (N-methyl/N-ethyl adjacent to an activating group) is 1. The van der Waals surface area contributed by atoms with E-state index in [1.165, 1.54) is 34.8 Å². The smallest absolute Gasteiger partial charge is 0.264 e. The maximum Gasteiger partial charge on any atom is 0.264 e. The highest BCUT2D eigenvalue weighted by Crippen LogP contribution is 2.32. The number of sulfonamides is 1. The van der Waals surface area contributed by atoms with Crippen LogP contribution < -0.4 is 9.21 Å². The number of amides is 1. The second kappa shape index (κ2) is 12.3. The summed E-state index contributed by atoms with van der Waals surface area (Å²) >= 11 is 3.14. The normalized spacial score (nSPS) is 11.4. The third-order valence-electron chi connectivity index (χ3n) is 5.71. The molecule has 37 heavy (non-hydrogen) atoms. The Balaban J connectivity index is 0.00000380. The molecule has 0 atom stereocenters. The van der Waals surface area contributed by atoms with E-state index in [1.54, 1.807) is 53.1 Å². The van der Waals surface area contributed by atoms with Gasteiger partial charge in [-0.3, -0.25) is 14.0 Å². The molecule has 0 spiro atoms. The number of anilines is 2. The number of rotatable bonds is 9. The molecule has 11 heteroatoms. The van der Waals surface area contributed by atoms with Gasteiger partial charge in [-0.1, -0.05) is 29.5 Å². The largest absolute Gasteiger partial charge is 0.308 e. The Morgan fingerprint density at radius 3 is 2.24 bits per heavy atom. The lowest BCUT2D eigenvalue weighted by atomic mass is 10.2. The van der Waals surface area contributed by atoms with Gasteiger partial charge in [-0.15, -0.1) is 24.2 Å². The van der Waals surface area contributed by atoms with Crippen molar-refractivity contribution < 1.29 is 13.2 Å². The van der Waals surface area contributed by atoms with Crippen molar-refractivity contribution in [3.8, 4) is 0 Å². The summed E-state index contributed by atoms with van der Waals surface area (Å²) in [5.74, 6) is -0.221. The third-order valence-corrected chi connectivity index (χ3v) is 9.28. The molecule has 0 N–H and O–H groups in total. The SMILES string of the molecule is CSc1ccc2nc(N(CCN(C)C)C(=O)c3ccc(S(=O)(=O)N(C)c4ccccc4)cc3)sc2c1.Cl. The van der Waals surface area contributed by atoms with Crippen molar-refractivity contribution in [2.45, 2.75) is 9.79 Å². The van der Waals surface area contributed by atoms with Gasteiger partial charge in [0.15, 0.2) is 5.13 Å². The van der Waals surface area contributed by atoms with Gasteiger partial charge in [0.05, 0.1) is 20.8 Å². The van der Waals surface area contributed by atoms with E-state index in [9.17, 15) is 13.2 Å². The van der Waals surface area contributed by atoms with E-state index in [4.69, 9.17) is 4.98 Å². The number of thiazole rings is 1. The predicted molar refractivity (Wildman–Crippen MR) is 157 cm³/mol. The first-order valence-corrected chi connectivity index (χ1v) is 14.7. The average Bonchev–Trinajstić information content (AvgIpc) is 3.31. The number of thioether (sulfide) groups is 1. The number of halogens is 1. The summed E-state index contributed by atoms with van der Waals surface area (Å²) in [6.07, 6.45) is 2.03. The fourth-order valence-corrected chi connectivity index (χ4v) is 6.32. The molecular formula is C26H29ClN4O3S3. The van der Waals surface area contributed by atoms with E-state index in [2.05, 4.69) is 6.07 Å². The van der Waals surface area contributed by atoms with Crippen molar-refractivity contribution >= 4 is 72.5 Å². The van der Waals surface area contributed by atoms with Crippen molar-refractivity contribution in [3.63, 3.8) is 0 Å². The Kier molecular flexibility index (Phi) is 9.60. The molecule has 7 nitrogen and oxygen atoms in total. The van der Waals surface area contributed by atoms with Crippen LogP contribution >= 0.6 is 35.5 Å². The molecule has 0 saturated heterocycles. The van der Waals surface area contributed by atoms with Crippen molar-refractivity contribution in [2.24, 2.45) is 0 Å². The van der Waals surface area contributed by atoms with Crippen molar-refractivity contribution in [1.29, 1.82) is 0 Å². The van der Waals surface area contributed by atoms with Gasteiger partial charge < -0.3 is 4.90 Å². The highest BCUT2D eigenvalue weighted by atomic mass is 35.5. The topological polar surface area (TPSA) is 73.8 Å². The van der Waals surface area contributed by atoms with Gasteiger partial charge in [-0.25, -0.2) is 13.4 Å². The zero-order valence-corrected chi connectivity index (χ0v) is 24.3. The molecule has 0 bridgehead atoms. The third kappa shape index (κ3) is 6.45. The zero-order chi connectivity index (χ0) is 25.9. The number of carbonyl (C=O) groups is 1. The number of carbonyl (C=O) groups excluding carboxylic acids is 1. The maximum absolute atomic E-state index is 13.6. The fourth-order valence-electron chi connectivity index (χ4n) is 3.58. The second-order valence-corrected chi connectivity index (χ2v) is 12.3. The summed E-state index contributed by atoms with van der Waals surface area (Å²) in [6, 6.07) is 21.0. The molecule has 4 rings (SSSR count). The van der Waals surface area contributed by atoms with Crippen LogP contribution in [0.4, 0.5) is 10.8 Å². The Morgan fingerprint density at radius 2 is 1.62 bits per heavy atom. The van der Waals surface area contributed by atoms with E-state index in [1.807, 2.05) is 43.5 Å². The summed E-state index contributed by atoms with van der Waals surface area (Å²) in [5, 5.41) is 0.621. The van der Waals surface area contributed by atoms with Gasteiger partial charge in [-0.2, -0.15) is 0 Å². The lowest BCUT2D eigenvalue weighted by Crippen LogP contribution is -2.36. The van der Waals surface area contributed by atoms with Crippen molar-refractivity contribution in [1.82, 2.24) is 9.88 Å². The molecule has 0 saturated carbocycles. The lowest BCUT2D eigenvalue weighted by Gasteiger charge is -2.22. The summed E-state index contributed by atoms with van der Waals surface area (Å²) in [7, 11) is 1.66. The number of nitrogens with zero attached hydrogens (tertiary/aromatic N) is 4. The van der Waals surface area contributed by atoms with Crippen LogP contribution in [0.2, 0.25) is 0 Å². The molecule has 1 aromatic heterocycles. The minimum absolute atomic E-state index is 0. The van der Waals surface area contributed by atoms with Crippen molar-refractivity contribution in [3.05, 3.63) is 78.4 Å². The summed E-state index contributed by atoms with van der Waals surface area (Å²) in [5.41, 5.74) is 1.81. The van der Waals surface area contributed by atoms with Gasteiger partial charge in [0.2, 0.25) is 0 Å². The van der Waals surface area contributed by atoms with Gasteiger partial charge in [0.25, 0.3) is 15.9 Å². The zero-order valence-electron chi connectivity index (χ0n) is 21.0. The predicted octanol–water partition coefficient (Wildman–Crippen LogP) is 5.47. The van der Waals surface area contributed by atoms with Crippen LogP contribution in [0.25, 0.3) is 10.2 Å². The average molecular weight is 577 g/mol. The van der Waals surface area contributed by atoms with Crippen LogP contribution in [0.15, 0.2) is 82.6 Å². The molecule has 0 radical (unpaired) electrons. The van der Waals surface area contributed by atoms with Crippen LogP contribution in [0.5, 0.6) is 0 Å². The van der Waals surface area contributed by atoms with E-state index >= 15 is 0 Å². The molecule has 0 aliphatic heterocycles. The molecule has 0 aliphatic carbocycles. The molecule has 196 valence electrons. The summed E-state index contributed by atoms with van der Waals surface area (Å²) in [4.78, 5) is 23.2. The molecular weight excluding hydrogens is 548 g/mol. The Morgan fingerprint density at radius 1 is 0.946 bits per heavy atom. The number of hydrogen-bond donors (Lipinski definition) is 0. The van der Waals surface area contributed by atoms with Gasteiger partial charge in [0.1, 0.15) is 0 Å². The van der Waals surface area contributed by atoms with E-state index < -0.39 is 10.0 Å². The highest BCUT2D eigenvalue weighted by Gasteiger charge is 2.24. The summed E-state index contributed by atoms with van der Waals surface area (Å²) in [6.45, 7) is 1.11. The van der Waals surface area contributed by atoms with Gasteiger partial charge >= 0.3 is 0 Å². The fraction of sp³-hybridized carbons (Fsp3) is 0.231. The molecule has 0 unspecified atom stereocenters. The highest BCUT2D eigenvalue weighted by molar-refractivity contribution is 7.98. The molecule has 1 heterocycles. The van der Waals surface area contributed by atoms with E-state index in [-0.39, 0.29) is 23.2 Å². The monoisotopic (exact) mass is 576 g/mol. The Bertz CT molecular complexity index is 1460. The first-order valence-electron chi connectivity index (χ1n) is 11.3. The van der Waals surface area contributed by atoms with Crippen LogP contribution in [0.1, 0.15) is 10.4 Å². The molecule has 1 amide bonds. The minimum atomic E-state index is -3.76. The Labute approximate surface area is 232 Å². The van der Waals surface area contributed by atoms with Crippen LogP contribution in [0.3, 0.4) is 0 Å². The van der Waals surface area contributed by atoms with Gasteiger partial charge in [-0.05, 0) is 74.9 Å². The van der Waals surface area contributed by atoms with E-state index in [0.717, 1.165) is 15.1 Å². The lowest BCUT2D eigenvalue weighted by molar-refractivity contribution is 0.0985. The number of aromatic nitrogens is 1. The number of benzene rings is 3. The molecule has 4 aromatic rings. The van der Waals surface area contributed by atoms with Crippen LogP contribution in [-0.2, 0) is 10.0 Å². The molecule has 0 aliphatic rings. The number of para-hydroxylation sites is 1. The minimum Gasteiger partial charge on any atom is -0.308 e. The quantitative estimate of drug-likeness (QED) is 0.246. The van der Waals surface area contributed by atoms with Crippen LogP contribution in [-0.4, -0.2) is 64.7 Å². The first-order chi connectivity index (χ1) is 17.2. The standard InChI is InChI=1S/C26H28N4O3S3.ClH/c1-28(2)16-17-30(26-27-23-15-12-21(34-4)18-24(23)35-26)25(31)19-10-13-22(14-11-19)36(32,33)29(3)20-8-6-5-7-9-20;/h5-15,18H,16-17H2,1-4H3;1H. The summed E-state index contributed by atoms with van der Waals surface area (Å²) < 4.78 is 28.5. The first kappa shape index (κ1) is 28.9. The number of fused-ring (bicyclic) bond motifs is 1. The maximum atomic E-state index is 13.6. The Hall–Kier alpha value is -2.63. The molecule has 3 aromatic carbocycles. The molecule has 0 fully saturated rings. The number of hydrogen-bond acceptors (Lipinski definition) is 7. The van der Waals surface area contributed by atoms with Crippen molar-refractivity contribution in [2.75, 3.05) is 49.7 Å². The van der Waals surface area contributed by atoms with E-state index in [0.29, 0.717) is 29.5 Å². The van der Waals surface area contributed by atoms with Gasteiger partial charge in [0, 0.05) is 30.6 Å².